The standard InChI is InChI=1S/C7H9ClN2.C4H3ClN2S/c1-5-3-6(9-2)4-10-7(5)8;5-4-6-1-3(8)2-7-4/h3-4,9H,1-2H3;1-2,8H. The molecule has 0 saturated heterocycles. The van der Waals surface area contributed by atoms with E-state index in [4.69, 9.17) is 23.2 Å². The van der Waals surface area contributed by atoms with Crippen molar-refractivity contribution in [3.8, 4) is 0 Å². The predicted molar refractivity (Wildman–Crippen MR) is 77.8 cm³/mol. The zero-order chi connectivity index (χ0) is 13.5. The Kier molecular flexibility index (Phi) is 6.18. The van der Waals surface area contributed by atoms with E-state index in [1.807, 2.05) is 20.0 Å². The number of rotatable bonds is 1. The van der Waals surface area contributed by atoms with Crippen molar-refractivity contribution in [2.24, 2.45) is 0 Å². The van der Waals surface area contributed by atoms with Crippen molar-refractivity contribution in [3.63, 3.8) is 0 Å². The number of aryl methyl sites for hydroxylation is 1. The van der Waals surface area contributed by atoms with Crippen LogP contribution in [0.1, 0.15) is 5.56 Å². The molecule has 0 radical (unpaired) electrons. The molecular formula is C11H12Cl2N4S. The Morgan fingerprint density at radius 1 is 1.11 bits per heavy atom. The third kappa shape index (κ3) is 5.08. The van der Waals surface area contributed by atoms with Gasteiger partial charge in [0.05, 0.1) is 11.9 Å². The average Bonchev–Trinajstić information content (AvgIpc) is 2.37. The van der Waals surface area contributed by atoms with Crippen LogP contribution < -0.4 is 5.32 Å². The van der Waals surface area contributed by atoms with Crippen LogP contribution in [-0.4, -0.2) is 22.0 Å². The molecule has 2 heterocycles. The first-order valence-electron chi connectivity index (χ1n) is 4.99. The van der Waals surface area contributed by atoms with Gasteiger partial charge < -0.3 is 5.32 Å². The summed E-state index contributed by atoms with van der Waals surface area (Å²) in [4.78, 5) is 12.0. The van der Waals surface area contributed by atoms with E-state index >= 15 is 0 Å². The lowest BCUT2D eigenvalue weighted by molar-refractivity contribution is 1.10. The Balaban J connectivity index is 0.000000184. The molecule has 1 N–H and O–H groups in total. The molecule has 2 aromatic rings. The van der Waals surface area contributed by atoms with E-state index in [0.29, 0.717) is 5.15 Å². The molecule has 0 unspecified atom stereocenters. The lowest BCUT2D eigenvalue weighted by atomic mass is 10.3. The fraction of sp³-hybridized carbons (Fsp3) is 0.182. The van der Waals surface area contributed by atoms with Gasteiger partial charge in [0.25, 0.3) is 0 Å². The highest BCUT2D eigenvalue weighted by molar-refractivity contribution is 7.80. The molecule has 0 aliphatic rings. The van der Waals surface area contributed by atoms with Crippen LogP contribution in [-0.2, 0) is 0 Å². The third-order valence-electron chi connectivity index (χ3n) is 1.91. The molecule has 7 heteroatoms. The molecule has 0 bridgehead atoms. The summed E-state index contributed by atoms with van der Waals surface area (Å²) in [5, 5.41) is 3.79. The Morgan fingerprint density at radius 3 is 2.17 bits per heavy atom. The summed E-state index contributed by atoms with van der Waals surface area (Å²) in [7, 11) is 1.85. The highest BCUT2D eigenvalue weighted by Crippen LogP contribution is 2.14. The number of hydrogen-bond donors (Lipinski definition) is 2. The van der Waals surface area contributed by atoms with Crippen molar-refractivity contribution in [1.29, 1.82) is 0 Å². The minimum Gasteiger partial charge on any atom is -0.387 e. The normalized spacial score (nSPS) is 9.39. The van der Waals surface area contributed by atoms with Crippen LogP contribution in [0.15, 0.2) is 29.6 Å². The molecule has 4 nitrogen and oxygen atoms in total. The first-order valence-corrected chi connectivity index (χ1v) is 6.19. The fourth-order valence-corrected chi connectivity index (χ4v) is 1.32. The second-order valence-electron chi connectivity index (χ2n) is 3.29. The number of aromatic nitrogens is 3. The van der Waals surface area contributed by atoms with Gasteiger partial charge in [-0.15, -0.1) is 12.6 Å². The Hall–Kier alpha value is -1.04. The summed E-state index contributed by atoms with van der Waals surface area (Å²) >= 11 is 15.0. The topological polar surface area (TPSA) is 50.7 Å². The first kappa shape index (κ1) is 15.0. The SMILES string of the molecule is CNc1cnc(Cl)c(C)c1.Sc1cnc(Cl)nc1. The van der Waals surface area contributed by atoms with Gasteiger partial charge in [-0.1, -0.05) is 11.6 Å². The summed E-state index contributed by atoms with van der Waals surface area (Å²) in [6.45, 7) is 1.93. The molecule has 0 aliphatic heterocycles. The highest BCUT2D eigenvalue weighted by atomic mass is 35.5. The van der Waals surface area contributed by atoms with E-state index < -0.39 is 0 Å². The molecular weight excluding hydrogens is 291 g/mol. The van der Waals surface area contributed by atoms with E-state index in [2.05, 4.69) is 32.9 Å². The van der Waals surface area contributed by atoms with Gasteiger partial charge in [0.1, 0.15) is 5.15 Å². The van der Waals surface area contributed by atoms with Crippen molar-refractivity contribution in [2.45, 2.75) is 11.8 Å². The zero-order valence-corrected chi connectivity index (χ0v) is 12.3. The quantitative estimate of drug-likeness (QED) is 0.481. The predicted octanol–water partition coefficient (Wildman–Crippen LogP) is 3.50. The van der Waals surface area contributed by atoms with Gasteiger partial charge in [0.2, 0.25) is 5.28 Å². The van der Waals surface area contributed by atoms with E-state index in [1.165, 1.54) is 0 Å². The van der Waals surface area contributed by atoms with Gasteiger partial charge in [-0.2, -0.15) is 0 Å². The lowest BCUT2D eigenvalue weighted by Crippen LogP contribution is -1.90. The van der Waals surface area contributed by atoms with Crippen LogP contribution in [0.5, 0.6) is 0 Å². The largest absolute Gasteiger partial charge is 0.387 e. The summed E-state index contributed by atoms with van der Waals surface area (Å²) < 4.78 is 0. The molecule has 0 fully saturated rings. The van der Waals surface area contributed by atoms with Crippen molar-refractivity contribution in [1.82, 2.24) is 15.0 Å². The summed E-state index contributed by atoms with van der Waals surface area (Å²) in [5.41, 5.74) is 1.98. The number of nitrogens with zero attached hydrogens (tertiary/aromatic N) is 3. The van der Waals surface area contributed by atoms with E-state index in [0.717, 1.165) is 16.1 Å². The number of halogens is 2. The summed E-state index contributed by atoms with van der Waals surface area (Å²) in [6, 6.07) is 1.95. The second kappa shape index (κ2) is 7.41. The van der Waals surface area contributed by atoms with E-state index in [1.54, 1.807) is 18.6 Å². The number of nitrogens with one attached hydrogen (secondary N) is 1. The number of thiol groups is 1. The maximum absolute atomic E-state index is 5.70. The molecule has 0 amide bonds. The van der Waals surface area contributed by atoms with Crippen LogP contribution in [0, 0.1) is 6.92 Å². The third-order valence-corrected chi connectivity index (χ3v) is 2.73. The van der Waals surface area contributed by atoms with E-state index in [-0.39, 0.29) is 5.28 Å². The van der Waals surface area contributed by atoms with Crippen molar-refractivity contribution in [3.05, 3.63) is 40.7 Å². The minimum absolute atomic E-state index is 0.253. The fourth-order valence-electron chi connectivity index (χ4n) is 1.00. The highest BCUT2D eigenvalue weighted by Gasteiger charge is 1.95. The maximum atomic E-state index is 5.70. The Bertz CT molecular complexity index is 484. The number of anilines is 1. The van der Waals surface area contributed by atoms with Gasteiger partial charge in [0, 0.05) is 24.3 Å². The molecule has 18 heavy (non-hydrogen) atoms. The van der Waals surface area contributed by atoms with Gasteiger partial charge in [-0.3, -0.25) is 0 Å². The molecule has 0 saturated carbocycles. The van der Waals surface area contributed by atoms with Crippen molar-refractivity contribution < 1.29 is 0 Å². The monoisotopic (exact) mass is 302 g/mol. The Labute approximate surface area is 121 Å². The van der Waals surface area contributed by atoms with Crippen LogP contribution >= 0.6 is 35.8 Å². The minimum atomic E-state index is 0.253. The van der Waals surface area contributed by atoms with Gasteiger partial charge in [-0.25, -0.2) is 15.0 Å². The average molecular weight is 303 g/mol. The van der Waals surface area contributed by atoms with Crippen LogP contribution in [0.2, 0.25) is 10.4 Å². The van der Waals surface area contributed by atoms with E-state index in [9.17, 15) is 0 Å². The molecule has 2 aromatic heterocycles. The summed E-state index contributed by atoms with van der Waals surface area (Å²) in [5.74, 6) is 0. The smallest absolute Gasteiger partial charge is 0.222 e. The van der Waals surface area contributed by atoms with Gasteiger partial charge in [0.15, 0.2) is 0 Å². The number of hydrogen-bond acceptors (Lipinski definition) is 5. The van der Waals surface area contributed by atoms with Crippen LogP contribution in [0.4, 0.5) is 5.69 Å². The van der Waals surface area contributed by atoms with Crippen LogP contribution in [0.25, 0.3) is 0 Å². The Morgan fingerprint density at radius 2 is 1.72 bits per heavy atom. The molecule has 0 spiro atoms. The van der Waals surface area contributed by atoms with Gasteiger partial charge >= 0.3 is 0 Å². The second-order valence-corrected chi connectivity index (χ2v) is 4.50. The first-order chi connectivity index (χ1) is 8.52. The molecule has 0 aliphatic carbocycles. The lowest BCUT2D eigenvalue weighted by Gasteiger charge is -2.00. The number of pyridine rings is 1. The van der Waals surface area contributed by atoms with Gasteiger partial charge in [-0.05, 0) is 30.2 Å². The maximum Gasteiger partial charge on any atom is 0.222 e. The van der Waals surface area contributed by atoms with Crippen molar-refractivity contribution in [2.75, 3.05) is 12.4 Å². The summed E-state index contributed by atoms with van der Waals surface area (Å²) in [6.07, 6.45) is 4.78. The zero-order valence-electron chi connectivity index (χ0n) is 9.85. The molecule has 0 aromatic carbocycles. The molecule has 0 atom stereocenters. The molecule has 2 rings (SSSR count). The van der Waals surface area contributed by atoms with Crippen molar-refractivity contribution >= 4 is 41.5 Å². The van der Waals surface area contributed by atoms with Crippen LogP contribution in [0.3, 0.4) is 0 Å². The molecule has 96 valence electrons.